The molecule has 0 amide bonds. The minimum atomic E-state index is -0.973. The number of halogens is 1. The van der Waals surface area contributed by atoms with Gasteiger partial charge in [-0.15, -0.1) is 0 Å². The van der Waals surface area contributed by atoms with Gasteiger partial charge in [0.2, 0.25) is 0 Å². The molecule has 3 nitrogen and oxygen atoms in total. The highest BCUT2D eigenvalue weighted by Crippen LogP contribution is 2.32. The zero-order valence-corrected chi connectivity index (χ0v) is 11.2. The van der Waals surface area contributed by atoms with Gasteiger partial charge < -0.3 is 5.11 Å². The number of nitriles is 1. The van der Waals surface area contributed by atoms with Crippen molar-refractivity contribution >= 4 is 29.3 Å². The minimum absolute atomic E-state index is 0.220. The predicted molar refractivity (Wildman–Crippen MR) is 73.7 cm³/mol. The molecule has 0 fully saturated rings. The van der Waals surface area contributed by atoms with Crippen molar-refractivity contribution in [2.45, 2.75) is 9.79 Å². The summed E-state index contributed by atoms with van der Waals surface area (Å²) >= 11 is 7.16. The van der Waals surface area contributed by atoms with E-state index in [-0.39, 0.29) is 5.56 Å². The number of aromatic carboxylic acids is 1. The number of carboxylic acid groups (broad SMARTS) is 1. The van der Waals surface area contributed by atoms with Crippen LogP contribution in [0.25, 0.3) is 0 Å². The molecule has 2 rings (SSSR count). The monoisotopic (exact) mass is 289 g/mol. The topological polar surface area (TPSA) is 61.1 Å². The molecule has 0 aliphatic heterocycles. The van der Waals surface area contributed by atoms with Crippen LogP contribution >= 0.6 is 23.4 Å². The quantitative estimate of drug-likeness (QED) is 0.925. The van der Waals surface area contributed by atoms with E-state index in [0.717, 1.165) is 9.79 Å². The molecule has 0 aliphatic rings. The third-order valence-electron chi connectivity index (χ3n) is 2.37. The molecule has 0 atom stereocenters. The number of hydrogen-bond donors (Lipinski definition) is 1. The first-order chi connectivity index (χ1) is 9.10. The van der Waals surface area contributed by atoms with E-state index in [1.165, 1.54) is 17.8 Å². The van der Waals surface area contributed by atoms with E-state index < -0.39 is 5.97 Å². The van der Waals surface area contributed by atoms with Crippen molar-refractivity contribution in [2.24, 2.45) is 0 Å². The number of benzene rings is 2. The Hall–Kier alpha value is -1.96. The molecule has 0 saturated carbocycles. The Morgan fingerprint density at radius 3 is 2.74 bits per heavy atom. The molecule has 0 aliphatic carbocycles. The molecule has 0 bridgehead atoms. The largest absolute Gasteiger partial charge is 0.478 e. The lowest BCUT2D eigenvalue weighted by molar-refractivity contribution is 0.0696. The highest BCUT2D eigenvalue weighted by Gasteiger charge is 2.07. The Balaban J connectivity index is 2.34. The lowest BCUT2D eigenvalue weighted by Gasteiger charge is -2.05. The van der Waals surface area contributed by atoms with Crippen molar-refractivity contribution in [3.05, 3.63) is 58.6 Å². The van der Waals surface area contributed by atoms with Gasteiger partial charge in [-0.2, -0.15) is 5.26 Å². The fourth-order valence-corrected chi connectivity index (χ4v) is 2.61. The lowest BCUT2D eigenvalue weighted by atomic mass is 10.2. The summed E-state index contributed by atoms with van der Waals surface area (Å²) in [6.07, 6.45) is 0. The fourth-order valence-electron chi connectivity index (χ4n) is 1.50. The van der Waals surface area contributed by atoms with E-state index in [0.29, 0.717) is 10.6 Å². The van der Waals surface area contributed by atoms with Gasteiger partial charge >= 0.3 is 5.97 Å². The van der Waals surface area contributed by atoms with Crippen molar-refractivity contribution in [3.8, 4) is 6.07 Å². The molecule has 1 N–H and O–H groups in total. The van der Waals surface area contributed by atoms with E-state index >= 15 is 0 Å². The van der Waals surface area contributed by atoms with Crippen LogP contribution < -0.4 is 0 Å². The van der Waals surface area contributed by atoms with E-state index in [2.05, 4.69) is 6.07 Å². The van der Waals surface area contributed by atoms with Gasteiger partial charge in [-0.05, 0) is 36.4 Å². The van der Waals surface area contributed by atoms with Gasteiger partial charge in [0.1, 0.15) is 6.07 Å². The van der Waals surface area contributed by atoms with Crippen LogP contribution in [0.3, 0.4) is 0 Å². The standard InChI is InChI=1S/C14H8ClNO2S/c15-11-4-5-13(10(6-11)8-16)19-12-3-1-2-9(7-12)14(17)18/h1-7H,(H,17,18). The molecule has 2 aromatic rings. The highest BCUT2D eigenvalue weighted by atomic mass is 35.5. The van der Waals surface area contributed by atoms with Gasteiger partial charge in [-0.3, -0.25) is 0 Å². The predicted octanol–water partition coefficient (Wildman–Crippen LogP) is 4.06. The first-order valence-electron chi connectivity index (χ1n) is 5.31. The van der Waals surface area contributed by atoms with Crippen LogP contribution in [0.1, 0.15) is 15.9 Å². The Morgan fingerprint density at radius 2 is 2.05 bits per heavy atom. The average molecular weight is 290 g/mol. The molecule has 94 valence electrons. The minimum Gasteiger partial charge on any atom is -0.478 e. The maximum absolute atomic E-state index is 10.9. The van der Waals surface area contributed by atoms with Crippen LogP contribution in [0.4, 0.5) is 0 Å². The zero-order valence-electron chi connectivity index (χ0n) is 9.63. The summed E-state index contributed by atoms with van der Waals surface area (Å²) in [5.74, 6) is -0.973. The molecule has 0 heterocycles. The molecule has 5 heteroatoms. The zero-order chi connectivity index (χ0) is 13.8. The van der Waals surface area contributed by atoms with E-state index in [1.807, 2.05) is 0 Å². The molecule has 0 unspecified atom stereocenters. The molecule has 0 aromatic heterocycles. The third kappa shape index (κ3) is 3.28. The van der Waals surface area contributed by atoms with Crippen LogP contribution in [0.15, 0.2) is 52.3 Å². The Labute approximate surface area is 119 Å². The summed E-state index contributed by atoms with van der Waals surface area (Å²) in [7, 11) is 0. The molecule has 2 aromatic carbocycles. The van der Waals surface area contributed by atoms with Gasteiger partial charge in [0.25, 0.3) is 0 Å². The lowest BCUT2D eigenvalue weighted by Crippen LogP contribution is -1.95. The van der Waals surface area contributed by atoms with Gasteiger partial charge in [0.05, 0.1) is 11.1 Å². The fraction of sp³-hybridized carbons (Fsp3) is 0. The molecule has 19 heavy (non-hydrogen) atoms. The Bertz CT molecular complexity index is 679. The summed E-state index contributed by atoms with van der Waals surface area (Å²) < 4.78 is 0. The van der Waals surface area contributed by atoms with Gasteiger partial charge in [-0.1, -0.05) is 29.4 Å². The molecular formula is C14H8ClNO2S. The summed E-state index contributed by atoms with van der Waals surface area (Å²) in [4.78, 5) is 12.4. The van der Waals surface area contributed by atoms with Crippen molar-refractivity contribution in [2.75, 3.05) is 0 Å². The van der Waals surface area contributed by atoms with Crippen LogP contribution in [-0.2, 0) is 0 Å². The van der Waals surface area contributed by atoms with Gasteiger partial charge in [0.15, 0.2) is 0 Å². The summed E-state index contributed by atoms with van der Waals surface area (Å²) in [5.41, 5.74) is 0.690. The van der Waals surface area contributed by atoms with Crippen molar-refractivity contribution in [3.63, 3.8) is 0 Å². The van der Waals surface area contributed by atoms with Crippen LogP contribution in [-0.4, -0.2) is 11.1 Å². The molecular weight excluding hydrogens is 282 g/mol. The number of rotatable bonds is 3. The average Bonchev–Trinajstić information content (AvgIpc) is 2.41. The summed E-state index contributed by atoms with van der Waals surface area (Å²) in [5, 5.41) is 18.5. The van der Waals surface area contributed by atoms with Crippen molar-refractivity contribution in [1.29, 1.82) is 5.26 Å². The van der Waals surface area contributed by atoms with E-state index in [1.54, 1.807) is 36.4 Å². The molecule has 0 spiro atoms. The summed E-state index contributed by atoms with van der Waals surface area (Å²) in [6.45, 7) is 0. The van der Waals surface area contributed by atoms with Gasteiger partial charge in [-0.25, -0.2) is 4.79 Å². The van der Waals surface area contributed by atoms with Gasteiger partial charge in [0, 0.05) is 14.8 Å². The van der Waals surface area contributed by atoms with Crippen LogP contribution in [0.5, 0.6) is 0 Å². The maximum atomic E-state index is 10.9. The molecule has 0 radical (unpaired) electrons. The SMILES string of the molecule is N#Cc1cc(Cl)ccc1Sc1cccc(C(=O)O)c1. The third-order valence-corrected chi connectivity index (χ3v) is 3.67. The second-order valence-electron chi connectivity index (χ2n) is 3.69. The first kappa shape index (κ1) is 13.5. The second kappa shape index (κ2) is 5.79. The highest BCUT2D eigenvalue weighted by molar-refractivity contribution is 7.99. The summed E-state index contributed by atoms with van der Waals surface area (Å²) in [6, 6.07) is 13.7. The van der Waals surface area contributed by atoms with E-state index in [4.69, 9.17) is 22.0 Å². The molecule has 0 saturated heterocycles. The number of hydrogen-bond acceptors (Lipinski definition) is 3. The Kier molecular flexibility index (Phi) is 4.10. The number of nitrogens with zero attached hydrogens (tertiary/aromatic N) is 1. The first-order valence-corrected chi connectivity index (χ1v) is 6.50. The van der Waals surface area contributed by atoms with Crippen molar-refractivity contribution in [1.82, 2.24) is 0 Å². The Morgan fingerprint density at radius 1 is 1.26 bits per heavy atom. The smallest absolute Gasteiger partial charge is 0.335 e. The normalized spacial score (nSPS) is 9.89. The van der Waals surface area contributed by atoms with Crippen LogP contribution in [0.2, 0.25) is 5.02 Å². The maximum Gasteiger partial charge on any atom is 0.335 e. The second-order valence-corrected chi connectivity index (χ2v) is 5.24. The number of carbonyl (C=O) groups is 1. The van der Waals surface area contributed by atoms with E-state index in [9.17, 15) is 4.79 Å². The number of carboxylic acids is 1. The van der Waals surface area contributed by atoms with Crippen LogP contribution in [0, 0.1) is 11.3 Å². The van der Waals surface area contributed by atoms with Crippen molar-refractivity contribution < 1.29 is 9.90 Å².